The monoisotopic (exact) mass is 536 g/mol. The summed E-state index contributed by atoms with van der Waals surface area (Å²) in [5, 5.41) is 3.34. The number of nitrogens with zero attached hydrogens (tertiary/aromatic N) is 3. The van der Waals surface area contributed by atoms with Gasteiger partial charge in [0.15, 0.2) is 5.96 Å². The van der Waals surface area contributed by atoms with Crippen LogP contribution in [0.5, 0.6) is 5.75 Å². The van der Waals surface area contributed by atoms with E-state index in [1.807, 2.05) is 36.2 Å². The summed E-state index contributed by atoms with van der Waals surface area (Å²) in [7, 11) is 3.70. The molecule has 1 heterocycles. The number of benzene rings is 2. The number of methoxy groups -OCH3 is 1. The van der Waals surface area contributed by atoms with Gasteiger partial charge in [0.05, 0.1) is 7.11 Å². The summed E-state index contributed by atoms with van der Waals surface area (Å²) >= 11 is 0. The van der Waals surface area contributed by atoms with Gasteiger partial charge in [-0.3, -0.25) is 9.79 Å². The first kappa shape index (κ1) is 25.0. The number of aliphatic imine (C=N–C) groups is 1. The van der Waals surface area contributed by atoms with Crippen LogP contribution in [0.3, 0.4) is 0 Å². The van der Waals surface area contributed by atoms with Crippen molar-refractivity contribution in [1.82, 2.24) is 15.1 Å². The number of hydrogen-bond acceptors (Lipinski definition) is 3. The van der Waals surface area contributed by atoms with Gasteiger partial charge in [-0.2, -0.15) is 0 Å². The Kier molecular flexibility index (Phi) is 10.1. The molecule has 6 nitrogen and oxygen atoms in total. The summed E-state index contributed by atoms with van der Waals surface area (Å²) < 4.78 is 5.22. The van der Waals surface area contributed by atoms with E-state index in [9.17, 15) is 4.79 Å². The molecule has 31 heavy (non-hydrogen) atoms. The number of amides is 1. The number of carbonyl (C=O) groups excluding carboxylic acids is 1. The van der Waals surface area contributed by atoms with E-state index in [4.69, 9.17) is 9.73 Å². The number of hydrogen-bond donors (Lipinski definition) is 1. The Morgan fingerprint density at radius 2 is 1.77 bits per heavy atom. The average molecular weight is 536 g/mol. The molecule has 0 aromatic heterocycles. The highest BCUT2D eigenvalue weighted by Gasteiger charge is 2.22. The summed E-state index contributed by atoms with van der Waals surface area (Å²) in [4.78, 5) is 21.3. The number of nitrogens with one attached hydrogen (secondary N) is 1. The minimum atomic E-state index is 0. The van der Waals surface area contributed by atoms with Crippen molar-refractivity contribution in [2.24, 2.45) is 4.99 Å². The molecule has 0 saturated heterocycles. The lowest BCUT2D eigenvalue weighted by Gasteiger charge is -2.22. The Bertz CT molecular complexity index is 845. The lowest BCUT2D eigenvalue weighted by molar-refractivity contribution is -0.131. The van der Waals surface area contributed by atoms with Crippen LogP contribution in [0.4, 0.5) is 0 Å². The van der Waals surface area contributed by atoms with Gasteiger partial charge in [0.1, 0.15) is 5.75 Å². The van der Waals surface area contributed by atoms with E-state index in [2.05, 4.69) is 41.4 Å². The van der Waals surface area contributed by atoms with Gasteiger partial charge in [-0.15, -0.1) is 24.0 Å². The van der Waals surface area contributed by atoms with Crippen LogP contribution in [0.25, 0.3) is 0 Å². The molecule has 0 fully saturated rings. The third-order valence-electron chi connectivity index (χ3n) is 5.28. The van der Waals surface area contributed by atoms with E-state index in [-0.39, 0.29) is 29.9 Å². The quantitative estimate of drug-likeness (QED) is 0.240. The summed E-state index contributed by atoms with van der Waals surface area (Å²) in [5.74, 6) is 1.92. The van der Waals surface area contributed by atoms with Crippen LogP contribution in [-0.2, 0) is 24.4 Å². The molecule has 1 N–H and O–H groups in total. The second-order valence-corrected chi connectivity index (χ2v) is 7.56. The number of halogens is 1. The SMILES string of the molecule is CCNC(=NCCCC(=O)N1Cc2ccccc2C1)N(C)Cc1ccc(OC)cc1.I. The molecular formula is C24H33IN4O2. The number of rotatable bonds is 8. The van der Waals surface area contributed by atoms with Crippen molar-refractivity contribution in [2.75, 3.05) is 27.2 Å². The highest BCUT2D eigenvalue weighted by Crippen LogP contribution is 2.23. The largest absolute Gasteiger partial charge is 0.497 e. The summed E-state index contributed by atoms with van der Waals surface area (Å²) in [6, 6.07) is 16.3. The summed E-state index contributed by atoms with van der Waals surface area (Å²) in [6.45, 7) is 5.70. The van der Waals surface area contributed by atoms with Gasteiger partial charge in [0, 0.05) is 46.2 Å². The lowest BCUT2D eigenvalue weighted by atomic mass is 10.1. The molecule has 0 saturated carbocycles. The third kappa shape index (κ3) is 7.12. The van der Waals surface area contributed by atoms with Crippen molar-refractivity contribution in [3.05, 3.63) is 65.2 Å². The van der Waals surface area contributed by atoms with Crippen molar-refractivity contribution in [2.45, 2.75) is 39.4 Å². The van der Waals surface area contributed by atoms with Crippen LogP contribution < -0.4 is 10.1 Å². The van der Waals surface area contributed by atoms with Crippen molar-refractivity contribution >= 4 is 35.8 Å². The van der Waals surface area contributed by atoms with Crippen molar-refractivity contribution in [3.63, 3.8) is 0 Å². The first-order valence-corrected chi connectivity index (χ1v) is 10.6. The first-order valence-electron chi connectivity index (χ1n) is 10.6. The summed E-state index contributed by atoms with van der Waals surface area (Å²) in [6.07, 6.45) is 1.27. The predicted octanol–water partition coefficient (Wildman–Crippen LogP) is 4.03. The Morgan fingerprint density at radius 3 is 2.35 bits per heavy atom. The van der Waals surface area contributed by atoms with E-state index in [0.717, 1.165) is 44.3 Å². The number of ether oxygens (including phenoxy) is 1. The average Bonchev–Trinajstić information content (AvgIpc) is 3.20. The zero-order valence-electron chi connectivity index (χ0n) is 18.6. The fourth-order valence-electron chi connectivity index (χ4n) is 3.63. The van der Waals surface area contributed by atoms with Crippen LogP contribution in [0.15, 0.2) is 53.5 Å². The molecule has 2 aromatic carbocycles. The number of guanidine groups is 1. The van der Waals surface area contributed by atoms with Crippen LogP contribution >= 0.6 is 24.0 Å². The molecule has 1 aliphatic heterocycles. The fraction of sp³-hybridized carbons (Fsp3) is 0.417. The third-order valence-corrected chi connectivity index (χ3v) is 5.28. The normalized spacial score (nSPS) is 12.7. The zero-order valence-corrected chi connectivity index (χ0v) is 21.0. The van der Waals surface area contributed by atoms with Crippen LogP contribution in [-0.4, -0.2) is 48.9 Å². The van der Waals surface area contributed by atoms with Gasteiger partial charge in [-0.05, 0) is 42.2 Å². The highest BCUT2D eigenvalue weighted by molar-refractivity contribution is 14.0. The number of fused-ring (bicyclic) bond motifs is 1. The van der Waals surface area contributed by atoms with Crippen LogP contribution in [0.2, 0.25) is 0 Å². The van der Waals surface area contributed by atoms with Gasteiger partial charge in [-0.25, -0.2) is 0 Å². The second-order valence-electron chi connectivity index (χ2n) is 7.56. The summed E-state index contributed by atoms with van der Waals surface area (Å²) in [5.41, 5.74) is 3.71. The molecule has 0 aliphatic carbocycles. The minimum Gasteiger partial charge on any atom is -0.497 e. The van der Waals surface area contributed by atoms with E-state index in [1.165, 1.54) is 16.7 Å². The Balaban J connectivity index is 0.00000341. The van der Waals surface area contributed by atoms with E-state index in [1.54, 1.807) is 7.11 Å². The van der Waals surface area contributed by atoms with Gasteiger partial charge >= 0.3 is 0 Å². The molecule has 2 aromatic rings. The Labute approximate surface area is 202 Å². The molecule has 0 unspecified atom stereocenters. The molecule has 0 bridgehead atoms. The van der Waals surface area contributed by atoms with Gasteiger partial charge in [0.25, 0.3) is 0 Å². The molecule has 3 rings (SSSR count). The number of carbonyl (C=O) groups is 1. The van der Waals surface area contributed by atoms with Gasteiger partial charge in [0.2, 0.25) is 5.91 Å². The first-order chi connectivity index (χ1) is 14.6. The van der Waals surface area contributed by atoms with E-state index < -0.39 is 0 Å². The molecule has 0 spiro atoms. The Hall–Kier alpha value is -2.29. The lowest BCUT2D eigenvalue weighted by Crippen LogP contribution is -2.38. The maximum Gasteiger partial charge on any atom is 0.223 e. The second kappa shape index (κ2) is 12.5. The molecule has 1 amide bonds. The Morgan fingerprint density at radius 1 is 1.13 bits per heavy atom. The van der Waals surface area contributed by atoms with Crippen molar-refractivity contribution < 1.29 is 9.53 Å². The molecule has 7 heteroatoms. The van der Waals surface area contributed by atoms with Crippen LogP contribution in [0.1, 0.15) is 36.5 Å². The standard InChI is InChI=1S/C24H32N4O2.HI/c1-4-25-24(27(2)16-19-11-13-22(30-3)14-12-19)26-15-7-10-23(29)28-17-20-8-5-6-9-21(20)18-28;/h5-6,8-9,11-14H,4,7,10,15-18H2,1-3H3,(H,25,26);1H. The van der Waals surface area contributed by atoms with E-state index >= 15 is 0 Å². The fourth-order valence-corrected chi connectivity index (χ4v) is 3.63. The van der Waals surface area contributed by atoms with Gasteiger partial charge < -0.3 is 19.9 Å². The smallest absolute Gasteiger partial charge is 0.223 e. The maximum atomic E-state index is 12.6. The maximum absolute atomic E-state index is 12.6. The highest BCUT2D eigenvalue weighted by atomic mass is 127. The van der Waals surface area contributed by atoms with Crippen LogP contribution in [0, 0.1) is 0 Å². The van der Waals surface area contributed by atoms with E-state index in [0.29, 0.717) is 13.0 Å². The molecular weight excluding hydrogens is 503 g/mol. The predicted molar refractivity (Wildman–Crippen MR) is 136 cm³/mol. The molecule has 0 atom stereocenters. The van der Waals surface area contributed by atoms with Crippen molar-refractivity contribution in [1.29, 1.82) is 0 Å². The topological polar surface area (TPSA) is 57.2 Å². The minimum absolute atomic E-state index is 0. The molecule has 0 radical (unpaired) electrons. The molecule has 1 aliphatic rings. The molecule has 168 valence electrons. The van der Waals surface area contributed by atoms with Gasteiger partial charge in [-0.1, -0.05) is 36.4 Å². The van der Waals surface area contributed by atoms with Crippen molar-refractivity contribution in [3.8, 4) is 5.75 Å². The zero-order chi connectivity index (χ0) is 21.3.